The summed E-state index contributed by atoms with van der Waals surface area (Å²) in [6, 6.07) is 13.6. The first kappa shape index (κ1) is 14.7. The van der Waals surface area contributed by atoms with Gasteiger partial charge in [0.25, 0.3) is 0 Å². The highest BCUT2D eigenvalue weighted by Gasteiger charge is 2.21. The Morgan fingerprint density at radius 1 is 1.19 bits per heavy atom. The van der Waals surface area contributed by atoms with Crippen LogP contribution in [0.3, 0.4) is 0 Å². The van der Waals surface area contributed by atoms with Crippen LogP contribution in [0.15, 0.2) is 36.4 Å². The van der Waals surface area contributed by atoms with E-state index in [1.54, 1.807) is 0 Å². The van der Waals surface area contributed by atoms with E-state index in [4.69, 9.17) is 4.74 Å². The Hall–Kier alpha value is -1.19. The van der Waals surface area contributed by atoms with Crippen LogP contribution in [0.1, 0.15) is 25.3 Å². The Morgan fingerprint density at radius 2 is 2.05 bits per heavy atom. The van der Waals surface area contributed by atoms with Gasteiger partial charge in [0.15, 0.2) is 0 Å². The first-order valence-electron chi connectivity index (χ1n) is 7.83. The molecule has 21 heavy (non-hydrogen) atoms. The lowest BCUT2D eigenvalue weighted by molar-refractivity contribution is 0.340. The van der Waals surface area contributed by atoms with Crippen LogP contribution in [0, 0.1) is 0 Å². The molecule has 1 N–H and O–H groups in total. The molecule has 2 aromatic carbocycles. The molecular weight excluding hydrogens is 278 g/mol. The number of nitrogens with one attached hydrogen (secondary N) is 1. The Balaban J connectivity index is 1.80. The third kappa shape index (κ3) is 3.92. The van der Waals surface area contributed by atoms with E-state index in [-0.39, 0.29) is 0 Å². The van der Waals surface area contributed by atoms with Crippen LogP contribution in [0.2, 0.25) is 0 Å². The Bertz CT molecular complexity index is 595. The van der Waals surface area contributed by atoms with Gasteiger partial charge in [-0.15, -0.1) is 0 Å². The minimum Gasteiger partial charge on any atom is -0.492 e. The van der Waals surface area contributed by atoms with E-state index in [1.165, 1.54) is 29.2 Å². The second kappa shape index (κ2) is 7.19. The molecule has 2 nitrogen and oxygen atoms in total. The average molecular weight is 301 g/mol. The summed E-state index contributed by atoms with van der Waals surface area (Å²) in [4.78, 5) is 0. The molecule has 3 rings (SSSR count). The molecule has 0 spiro atoms. The Morgan fingerprint density at radius 3 is 2.86 bits per heavy atom. The topological polar surface area (TPSA) is 21.3 Å². The smallest absolute Gasteiger partial charge is 0.124 e. The van der Waals surface area contributed by atoms with E-state index >= 15 is 0 Å². The number of thioether (sulfide) groups is 1. The maximum Gasteiger partial charge on any atom is 0.124 e. The van der Waals surface area contributed by atoms with Gasteiger partial charge in [-0.05, 0) is 35.4 Å². The van der Waals surface area contributed by atoms with Crippen molar-refractivity contribution in [1.82, 2.24) is 5.32 Å². The van der Waals surface area contributed by atoms with Crippen LogP contribution in [0.25, 0.3) is 10.8 Å². The summed E-state index contributed by atoms with van der Waals surface area (Å²) < 4.78 is 6.04. The first-order valence-corrected chi connectivity index (χ1v) is 8.98. The minimum atomic E-state index is 0.715. The highest BCUT2D eigenvalue weighted by atomic mass is 32.2. The standard InChI is InChI=1S/C18H23NOS/c1-2-21-12-11-20-18-10-7-14-5-3-4-6-16(14)17(18)13-19-15-8-9-15/h3-7,10,15,19H,2,8-9,11-13H2,1H3. The fourth-order valence-electron chi connectivity index (χ4n) is 2.52. The van der Waals surface area contributed by atoms with E-state index in [0.29, 0.717) is 6.04 Å². The van der Waals surface area contributed by atoms with Gasteiger partial charge < -0.3 is 10.1 Å². The summed E-state index contributed by atoms with van der Waals surface area (Å²) >= 11 is 1.92. The second-order valence-corrected chi connectivity index (χ2v) is 6.86. The molecule has 3 heteroatoms. The number of fused-ring (bicyclic) bond motifs is 1. The normalized spacial score (nSPS) is 14.5. The number of hydrogen-bond acceptors (Lipinski definition) is 3. The summed E-state index contributed by atoms with van der Waals surface area (Å²) in [5, 5.41) is 6.23. The van der Waals surface area contributed by atoms with Crippen molar-refractivity contribution in [1.29, 1.82) is 0 Å². The zero-order chi connectivity index (χ0) is 14.5. The molecule has 0 bridgehead atoms. The lowest BCUT2D eigenvalue weighted by Crippen LogP contribution is -2.16. The van der Waals surface area contributed by atoms with Gasteiger partial charge in [0, 0.05) is 23.9 Å². The molecule has 0 heterocycles. The van der Waals surface area contributed by atoms with Crippen molar-refractivity contribution >= 4 is 22.5 Å². The van der Waals surface area contributed by atoms with Gasteiger partial charge in [0.1, 0.15) is 5.75 Å². The predicted molar refractivity (Wildman–Crippen MR) is 92.3 cm³/mol. The van der Waals surface area contributed by atoms with Gasteiger partial charge >= 0.3 is 0 Å². The predicted octanol–water partition coefficient (Wildman–Crippen LogP) is 4.22. The molecule has 0 saturated heterocycles. The SMILES string of the molecule is CCSCCOc1ccc2ccccc2c1CNC1CC1. The van der Waals surface area contributed by atoms with Crippen molar-refractivity contribution in [3.63, 3.8) is 0 Å². The quantitative estimate of drug-likeness (QED) is 0.738. The van der Waals surface area contributed by atoms with E-state index in [9.17, 15) is 0 Å². The molecule has 1 aliphatic carbocycles. The van der Waals surface area contributed by atoms with Crippen LogP contribution < -0.4 is 10.1 Å². The molecule has 112 valence electrons. The van der Waals surface area contributed by atoms with E-state index in [0.717, 1.165) is 30.4 Å². The fourth-order valence-corrected chi connectivity index (χ4v) is 3.01. The maximum atomic E-state index is 6.04. The molecule has 1 saturated carbocycles. The van der Waals surface area contributed by atoms with Crippen molar-refractivity contribution in [2.75, 3.05) is 18.1 Å². The second-order valence-electron chi connectivity index (χ2n) is 5.46. The lowest BCUT2D eigenvalue weighted by Gasteiger charge is -2.15. The number of rotatable bonds is 8. The van der Waals surface area contributed by atoms with Crippen molar-refractivity contribution in [3.05, 3.63) is 42.0 Å². The van der Waals surface area contributed by atoms with Crippen LogP contribution >= 0.6 is 11.8 Å². The Kier molecular flexibility index (Phi) is 5.04. The monoisotopic (exact) mass is 301 g/mol. The first-order chi connectivity index (χ1) is 10.4. The lowest BCUT2D eigenvalue weighted by atomic mass is 10.0. The van der Waals surface area contributed by atoms with Gasteiger partial charge in [0.2, 0.25) is 0 Å². The van der Waals surface area contributed by atoms with Gasteiger partial charge in [-0.3, -0.25) is 0 Å². The number of hydrogen-bond donors (Lipinski definition) is 1. The summed E-state index contributed by atoms with van der Waals surface area (Å²) in [6.45, 7) is 3.88. The number of ether oxygens (including phenoxy) is 1. The maximum absolute atomic E-state index is 6.04. The summed E-state index contributed by atoms with van der Waals surface area (Å²) in [6.07, 6.45) is 2.63. The highest BCUT2D eigenvalue weighted by Crippen LogP contribution is 2.29. The average Bonchev–Trinajstić information content (AvgIpc) is 3.34. The molecule has 2 aromatic rings. The Labute approximate surface area is 131 Å². The van der Waals surface area contributed by atoms with Crippen LogP contribution in [-0.4, -0.2) is 24.2 Å². The van der Waals surface area contributed by atoms with E-state index < -0.39 is 0 Å². The summed E-state index contributed by atoms with van der Waals surface area (Å²) in [7, 11) is 0. The van der Waals surface area contributed by atoms with Crippen LogP contribution in [0.4, 0.5) is 0 Å². The molecule has 0 amide bonds. The van der Waals surface area contributed by atoms with Crippen molar-refractivity contribution in [2.24, 2.45) is 0 Å². The van der Waals surface area contributed by atoms with Gasteiger partial charge in [-0.1, -0.05) is 37.3 Å². The zero-order valence-electron chi connectivity index (χ0n) is 12.6. The largest absolute Gasteiger partial charge is 0.492 e. The highest BCUT2D eigenvalue weighted by molar-refractivity contribution is 7.99. The van der Waals surface area contributed by atoms with Crippen molar-refractivity contribution in [2.45, 2.75) is 32.4 Å². The zero-order valence-corrected chi connectivity index (χ0v) is 13.4. The summed E-state index contributed by atoms with van der Waals surface area (Å²) in [5.74, 6) is 3.24. The third-order valence-corrected chi connectivity index (χ3v) is 4.70. The van der Waals surface area contributed by atoms with Crippen molar-refractivity contribution in [3.8, 4) is 5.75 Å². The molecule has 0 radical (unpaired) electrons. The minimum absolute atomic E-state index is 0.715. The molecule has 1 aliphatic rings. The molecular formula is C18H23NOS. The fraction of sp³-hybridized carbons (Fsp3) is 0.444. The molecule has 0 aliphatic heterocycles. The molecule has 0 atom stereocenters. The molecule has 0 aromatic heterocycles. The molecule has 1 fully saturated rings. The van der Waals surface area contributed by atoms with Gasteiger partial charge in [0.05, 0.1) is 6.61 Å². The van der Waals surface area contributed by atoms with Gasteiger partial charge in [-0.2, -0.15) is 11.8 Å². The summed E-state index contributed by atoms with van der Waals surface area (Å²) in [5.41, 5.74) is 1.31. The van der Waals surface area contributed by atoms with Crippen molar-refractivity contribution < 1.29 is 4.74 Å². The van der Waals surface area contributed by atoms with E-state index in [1.807, 2.05) is 11.8 Å². The number of benzene rings is 2. The van der Waals surface area contributed by atoms with Crippen LogP contribution in [-0.2, 0) is 6.54 Å². The van der Waals surface area contributed by atoms with E-state index in [2.05, 4.69) is 48.6 Å². The molecule has 0 unspecified atom stereocenters. The third-order valence-electron chi connectivity index (χ3n) is 3.83. The van der Waals surface area contributed by atoms with Gasteiger partial charge in [-0.25, -0.2) is 0 Å². The van der Waals surface area contributed by atoms with Crippen LogP contribution in [0.5, 0.6) is 5.75 Å².